The average Bonchev–Trinajstić information content (AvgIpc) is 3.70. The molecule has 3 aliphatic rings. The molecule has 19 nitrogen and oxygen atoms in total. The first kappa shape index (κ1) is 29.8. The molecule has 0 aliphatic carbocycles. The number of nitrogens with two attached hydrogens (primary N) is 2. The van der Waals surface area contributed by atoms with Crippen LogP contribution in [0.4, 0.5) is 11.8 Å². The van der Waals surface area contributed by atoms with E-state index in [0.717, 1.165) is 0 Å². The lowest BCUT2D eigenvalue weighted by atomic mass is 10.2. The van der Waals surface area contributed by atoms with Gasteiger partial charge in [0.2, 0.25) is 5.95 Å². The van der Waals surface area contributed by atoms with Crippen molar-refractivity contribution in [2.45, 2.75) is 49.7 Å². The monoisotopic (exact) mass is 641 g/mol. The summed E-state index contributed by atoms with van der Waals surface area (Å²) in [6, 6.07) is 0. The number of hydrogen-bond acceptors (Lipinski definition) is 15. The number of H-pyrrole nitrogens is 1. The quantitative estimate of drug-likeness (QED) is 0.230. The number of phosphoric acid groups is 1. The summed E-state index contributed by atoms with van der Waals surface area (Å²) in [5.41, 5.74) is 11.4. The predicted molar refractivity (Wildman–Crippen MR) is 149 cm³/mol. The van der Waals surface area contributed by atoms with Crippen molar-refractivity contribution in [3.63, 3.8) is 0 Å². The van der Waals surface area contributed by atoms with Gasteiger partial charge < -0.3 is 34.9 Å². The van der Waals surface area contributed by atoms with Crippen molar-refractivity contribution in [3.05, 3.63) is 35.3 Å². The number of fused-ring (bicyclic) bond motifs is 4. The molecule has 2 bridgehead atoms. The highest BCUT2D eigenvalue weighted by Gasteiger charge is 2.47. The minimum absolute atomic E-state index is 0.0229. The van der Waals surface area contributed by atoms with Crippen LogP contribution in [0.1, 0.15) is 31.0 Å². The van der Waals surface area contributed by atoms with Crippen molar-refractivity contribution < 1.29 is 41.6 Å². The van der Waals surface area contributed by atoms with E-state index in [1.165, 1.54) is 28.5 Å². The van der Waals surface area contributed by atoms with Gasteiger partial charge in [0.05, 0.1) is 43.8 Å². The molecule has 0 aromatic carbocycles. The van der Waals surface area contributed by atoms with Gasteiger partial charge in [-0.1, -0.05) is 6.58 Å². The topological polar surface area (TPSA) is 256 Å². The molecule has 3 fully saturated rings. The van der Waals surface area contributed by atoms with Crippen LogP contribution in [-0.2, 0) is 36.7 Å². The molecule has 4 unspecified atom stereocenters. The van der Waals surface area contributed by atoms with Crippen molar-refractivity contribution in [2.24, 2.45) is 10.7 Å². The van der Waals surface area contributed by atoms with Gasteiger partial charge in [0.15, 0.2) is 23.2 Å². The maximum Gasteiger partial charge on any atom is 0.472 e. The Morgan fingerprint density at radius 3 is 2.63 bits per heavy atom. The van der Waals surface area contributed by atoms with E-state index in [0.29, 0.717) is 5.69 Å². The van der Waals surface area contributed by atoms with Gasteiger partial charge in [0.25, 0.3) is 5.56 Å². The Labute approximate surface area is 243 Å². The van der Waals surface area contributed by atoms with E-state index in [4.69, 9.17) is 39.0 Å². The summed E-state index contributed by atoms with van der Waals surface area (Å²) >= 11 is 0. The molecular weight excluding hydrogens is 612 g/mol. The first-order valence-electron chi connectivity index (χ1n) is 12.9. The minimum atomic E-state index is -4.76. The number of aromatic nitrogens is 6. The van der Waals surface area contributed by atoms with Gasteiger partial charge in [0.1, 0.15) is 24.1 Å². The second-order valence-electron chi connectivity index (χ2n) is 10.2. The summed E-state index contributed by atoms with van der Waals surface area (Å²) in [6.07, 6.45) is -2.81. The fourth-order valence-corrected chi connectivity index (χ4v) is 7.38. The van der Waals surface area contributed by atoms with Crippen molar-refractivity contribution in [1.82, 2.24) is 29.1 Å². The van der Waals surface area contributed by atoms with Crippen LogP contribution in [0.25, 0.3) is 16.9 Å². The fraction of sp³-hybridized carbons (Fsp3) is 0.500. The summed E-state index contributed by atoms with van der Waals surface area (Å²) < 4.78 is 64.1. The number of aliphatic imine (C=N–C) groups is 1. The standard InChI is InChI=1S/C22H29N9O10P2/c1-10(23)16-18(25-2)30(8-26-16)15-5-12-14(39-15)7-37-43(34,35)41-13-4-11(6-36-42(3,33)40-12)38-21(13)31-9-27-17-19(31)28-22(24)29-20(17)32/h8-9,11-15,21H,1-2,4-7,23H2,3H3,(H,34,35)(H3,24,28,29,32)/t11-,12-,13+,14?,15+,21?,42?/m0/s1. The maximum absolute atomic E-state index is 13.4. The molecule has 6 rings (SSSR count). The summed E-state index contributed by atoms with van der Waals surface area (Å²) in [7, 11) is -8.50. The Morgan fingerprint density at radius 1 is 1.12 bits per heavy atom. The smallest absolute Gasteiger partial charge is 0.397 e. The highest BCUT2D eigenvalue weighted by Crippen LogP contribution is 2.54. The molecular formula is C22H29N9O10P2. The molecule has 3 saturated heterocycles. The van der Waals surface area contributed by atoms with Crippen LogP contribution in [0.5, 0.6) is 0 Å². The lowest BCUT2D eigenvalue weighted by Crippen LogP contribution is -2.29. The van der Waals surface area contributed by atoms with Gasteiger partial charge in [-0.3, -0.25) is 32.5 Å². The number of rotatable bonds is 4. The van der Waals surface area contributed by atoms with Crippen LogP contribution in [0.2, 0.25) is 0 Å². The lowest BCUT2D eigenvalue weighted by Gasteiger charge is -2.25. The molecule has 3 aromatic heterocycles. The van der Waals surface area contributed by atoms with Crippen LogP contribution in [0.3, 0.4) is 0 Å². The van der Waals surface area contributed by atoms with E-state index in [9.17, 15) is 18.8 Å². The van der Waals surface area contributed by atoms with Crippen molar-refractivity contribution >= 4 is 50.8 Å². The number of phosphoric ester groups is 1. The largest absolute Gasteiger partial charge is 0.472 e. The summed E-state index contributed by atoms with van der Waals surface area (Å²) in [5, 5.41) is 0. The highest BCUT2D eigenvalue weighted by molar-refractivity contribution is 7.53. The van der Waals surface area contributed by atoms with Crippen LogP contribution in [0.15, 0.2) is 29.0 Å². The molecule has 0 amide bonds. The van der Waals surface area contributed by atoms with E-state index in [1.807, 2.05) is 0 Å². The SMILES string of the molecule is C=Nc1c(C(=C)N)ncn1[C@H]1C[C@@H]2OP(C)(=O)OC[C@@H]3C[C@@H](OP(=O)(O)OCC2O1)C(n1cnc2c(=O)[nH]c(N)nc21)O3. The van der Waals surface area contributed by atoms with Crippen LogP contribution < -0.4 is 17.0 Å². The van der Waals surface area contributed by atoms with Crippen molar-refractivity contribution in [3.8, 4) is 0 Å². The van der Waals surface area contributed by atoms with E-state index >= 15 is 0 Å². The molecule has 0 radical (unpaired) electrons. The lowest BCUT2D eigenvalue weighted by molar-refractivity contribution is -0.0634. The summed E-state index contributed by atoms with van der Waals surface area (Å²) in [6.45, 7) is 7.81. The number of ether oxygens (including phenoxy) is 2. The zero-order valence-corrected chi connectivity index (χ0v) is 24.5. The molecule has 232 valence electrons. The third-order valence-corrected chi connectivity index (χ3v) is 9.36. The molecule has 0 spiro atoms. The Kier molecular flexibility index (Phi) is 7.65. The number of nitrogens with one attached hydrogen (secondary N) is 1. The van der Waals surface area contributed by atoms with Gasteiger partial charge in [-0.2, -0.15) is 4.98 Å². The van der Waals surface area contributed by atoms with Gasteiger partial charge >= 0.3 is 15.4 Å². The second-order valence-corrected chi connectivity index (χ2v) is 13.6. The Bertz CT molecular complexity index is 1740. The molecule has 6 heterocycles. The normalized spacial score (nSPS) is 35.1. The number of hydrogen-bond donors (Lipinski definition) is 4. The third kappa shape index (κ3) is 5.83. The fourth-order valence-electron chi connectivity index (χ4n) is 5.24. The Balaban J connectivity index is 1.28. The number of nitrogen functional groups attached to an aromatic ring is 1. The maximum atomic E-state index is 13.4. The second kappa shape index (κ2) is 11.0. The molecule has 3 aliphatic heterocycles. The first-order chi connectivity index (χ1) is 20.3. The zero-order valence-electron chi connectivity index (χ0n) is 22.7. The van der Waals surface area contributed by atoms with Crippen molar-refractivity contribution in [2.75, 3.05) is 25.6 Å². The zero-order chi connectivity index (χ0) is 30.7. The predicted octanol–water partition coefficient (Wildman–Crippen LogP) is 1.18. The van der Waals surface area contributed by atoms with Gasteiger partial charge in [-0.25, -0.2) is 19.5 Å². The third-order valence-electron chi connectivity index (χ3n) is 7.07. The van der Waals surface area contributed by atoms with Crippen molar-refractivity contribution in [1.29, 1.82) is 0 Å². The number of anilines is 1. The number of imidazole rings is 2. The first-order valence-corrected chi connectivity index (χ1v) is 16.4. The van der Waals surface area contributed by atoms with Gasteiger partial charge in [0, 0.05) is 19.5 Å². The van der Waals surface area contributed by atoms with E-state index in [2.05, 4.69) is 38.2 Å². The van der Waals surface area contributed by atoms with Gasteiger partial charge in [-0.15, -0.1) is 0 Å². The number of nitrogens with zero attached hydrogens (tertiary/aromatic N) is 6. The Hall–Kier alpha value is -3.25. The summed E-state index contributed by atoms with van der Waals surface area (Å²) in [5.74, 6) is 0.113. The van der Waals surface area contributed by atoms with E-state index in [1.54, 1.807) is 0 Å². The van der Waals surface area contributed by atoms with Crippen LogP contribution >= 0.6 is 15.4 Å². The molecule has 43 heavy (non-hydrogen) atoms. The molecule has 0 saturated carbocycles. The van der Waals surface area contributed by atoms with Gasteiger partial charge in [-0.05, 0) is 6.72 Å². The summed E-state index contributed by atoms with van der Waals surface area (Å²) in [4.78, 5) is 41.7. The van der Waals surface area contributed by atoms with E-state index < -0.39 is 64.5 Å². The highest BCUT2D eigenvalue weighted by atomic mass is 31.2. The van der Waals surface area contributed by atoms with E-state index in [-0.39, 0.29) is 48.1 Å². The van der Waals surface area contributed by atoms with Crippen LogP contribution in [-0.4, -0.2) is 85.0 Å². The molecule has 3 aromatic rings. The van der Waals surface area contributed by atoms with Crippen LogP contribution in [0, 0.1) is 0 Å². The number of aromatic amines is 1. The minimum Gasteiger partial charge on any atom is -0.397 e. The Morgan fingerprint density at radius 2 is 1.88 bits per heavy atom. The molecule has 21 heteroatoms. The molecule has 8 atom stereocenters. The molecule has 6 N–H and O–H groups in total. The average molecular weight is 641 g/mol.